The maximum absolute atomic E-state index is 6.06. The highest BCUT2D eigenvalue weighted by molar-refractivity contribution is 5.50. The fourth-order valence-electron chi connectivity index (χ4n) is 1.36. The first-order valence-electron chi connectivity index (χ1n) is 5.48. The van der Waals surface area contributed by atoms with E-state index in [1.54, 1.807) is 12.4 Å². The molecule has 2 N–H and O–H groups in total. The lowest BCUT2D eigenvalue weighted by molar-refractivity contribution is 0.303. The summed E-state index contributed by atoms with van der Waals surface area (Å²) in [6.45, 7) is 6.12. The van der Waals surface area contributed by atoms with Gasteiger partial charge in [-0.05, 0) is 17.5 Å². The molecule has 2 heterocycles. The van der Waals surface area contributed by atoms with Gasteiger partial charge in [-0.1, -0.05) is 25.9 Å². The van der Waals surface area contributed by atoms with Crippen molar-refractivity contribution in [2.75, 3.05) is 0 Å². The maximum Gasteiger partial charge on any atom is 0.259 e. The van der Waals surface area contributed by atoms with Gasteiger partial charge in [-0.2, -0.15) is 4.98 Å². The number of nitrogens with two attached hydrogens (primary N) is 1. The highest BCUT2D eigenvalue weighted by Crippen LogP contribution is 2.29. The summed E-state index contributed by atoms with van der Waals surface area (Å²) in [7, 11) is 0. The molecule has 0 radical (unpaired) electrons. The van der Waals surface area contributed by atoms with E-state index in [9.17, 15) is 0 Å². The van der Waals surface area contributed by atoms with Crippen LogP contribution in [-0.2, 0) is 0 Å². The van der Waals surface area contributed by atoms with Gasteiger partial charge < -0.3 is 10.3 Å². The summed E-state index contributed by atoms with van der Waals surface area (Å²) >= 11 is 0. The summed E-state index contributed by atoms with van der Waals surface area (Å²) in [5.41, 5.74) is 6.76. The molecular formula is C12H16N4O. The van der Waals surface area contributed by atoms with Crippen LogP contribution in [0.3, 0.4) is 0 Å². The lowest BCUT2D eigenvalue weighted by Gasteiger charge is -2.23. The number of nitrogens with zero attached hydrogens (tertiary/aromatic N) is 3. The molecule has 0 aliphatic rings. The molecule has 2 aromatic heterocycles. The Bertz CT molecular complexity index is 487. The second-order valence-electron chi connectivity index (χ2n) is 5.04. The molecule has 2 rings (SSSR count). The number of pyridine rings is 1. The van der Waals surface area contributed by atoms with Crippen LogP contribution in [0.4, 0.5) is 0 Å². The largest absolute Gasteiger partial charge is 0.334 e. The maximum atomic E-state index is 6.06. The molecule has 5 nitrogen and oxygen atoms in total. The van der Waals surface area contributed by atoms with Crippen LogP contribution in [0.5, 0.6) is 0 Å². The summed E-state index contributed by atoms with van der Waals surface area (Å²) in [4.78, 5) is 8.31. The summed E-state index contributed by atoms with van der Waals surface area (Å²) in [5, 5.41) is 3.92. The topological polar surface area (TPSA) is 77.8 Å². The Hall–Kier alpha value is -1.75. The van der Waals surface area contributed by atoms with Gasteiger partial charge in [-0.3, -0.25) is 4.98 Å². The SMILES string of the molecule is CC(C)(C)C(N)c1noc(-c2cccnc2)n1. The van der Waals surface area contributed by atoms with Crippen molar-refractivity contribution in [3.05, 3.63) is 30.4 Å². The predicted molar refractivity (Wildman–Crippen MR) is 63.9 cm³/mol. The smallest absolute Gasteiger partial charge is 0.259 e. The van der Waals surface area contributed by atoms with E-state index in [1.165, 1.54) is 0 Å². The molecule has 0 fully saturated rings. The van der Waals surface area contributed by atoms with Gasteiger partial charge in [0, 0.05) is 12.4 Å². The molecule has 0 saturated heterocycles. The van der Waals surface area contributed by atoms with E-state index in [2.05, 4.69) is 15.1 Å². The lowest BCUT2D eigenvalue weighted by Crippen LogP contribution is -2.27. The minimum absolute atomic E-state index is 0.101. The number of rotatable bonds is 2. The van der Waals surface area contributed by atoms with Crippen molar-refractivity contribution in [2.45, 2.75) is 26.8 Å². The molecule has 1 unspecified atom stereocenters. The van der Waals surface area contributed by atoms with E-state index in [1.807, 2.05) is 32.9 Å². The minimum Gasteiger partial charge on any atom is -0.334 e. The van der Waals surface area contributed by atoms with Crippen molar-refractivity contribution in [3.8, 4) is 11.5 Å². The first-order valence-corrected chi connectivity index (χ1v) is 5.48. The highest BCUT2D eigenvalue weighted by atomic mass is 16.5. The molecule has 17 heavy (non-hydrogen) atoms. The summed E-state index contributed by atoms with van der Waals surface area (Å²) in [6, 6.07) is 3.44. The molecule has 0 aliphatic heterocycles. The third-order valence-electron chi connectivity index (χ3n) is 2.56. The van der Waals surface area contributed by atoms with Gasteiger partial charge >= 0.3 is 0 Å². The molecule has 0 bridgehead atoms. The van der Waals surface area contributed by atoms with Crippen LogP contribution in [0.1, 0.15) is 32.6 Å². The zero-order valence-corrected chi connectivity index (χ0v) is 10.2. The Morgan fingerprint density at radius 1 is 1.35 bits per heavy atom. The molecule has 5 heteroatoms. The van der Waals surface area contributed by atoms with Crippen LogP contribution in [-0.4, -0.2) is 15.1 Å². The zero-order valence-electron chi connectivity index (χ0n) is 10.2. The molecule has 90 valence electrons. The first kappa shape index (κ1) is 11.7. The van der Waals surface area contributed by atoms with E-state index >= 15 is 0 Å². The highest BCUT2D eigenvalue weighted by Gasteiger charge is 2.27. The molecule has 0 aromatic carbocycles. The van der Waals surface area contributed by atoms with Crippen LogP contribution in [0.15, 0.2) is 29.0 Å². The number of aromatic nitrogens is 3. The normalized spacial score (nSPS) is 13.6. The fraction of sp³-hybridized carbons (Fsp3) is 0.417. The van der Waals surface area contributed by atoms with E-state index in [0.29, 0.717) is 11.7 Å². The zero-order chi connectivity index (χ0) is 12.5. The van der Waals surface area contributed by atoms with Gasteiger partial charge in [0.2, 0.25) is 0 Å². The van der Waals surface area contributed by atoms with Crippen LogP contribution in [0, 0.1) is 5.41 Å². The molecule has 0 saturated carbocycles. The first-order chi connectivity index (χ1) is 7.98. The van der Waals surface area contributed by atoms with Crippen molar-refractivity contribution in [3.63, 3.8) is 0 Å². The number of hydrogen-bond acceptors (Lipinski definition) is 5. The average molecular weight is 232 g/mol. The lowest BCUT2D eigenvalue weighted by atomic mass is 9.87. The fourth-order valence-corrected chi connectivity index (χ4v) is 1.36. The van der Waals surface area contributed by atoms with Gasteiger partial charge in [0.25, 0.3) is 5.89 Å². The molecule has 2 aromatic rings. The third-order valence-corrected chi connectivity index (χ3v) is 2.56. The summed E-state index contributed by atoms with van der Waals surface area (Å²) < 4.78 is 5.19. The van der Waals surface area contributed by atoms with Crippen LogP contribution in [0.25, 0.3) is 11.5 Å². The predicted octanol–water partition coefficient (Wildman–Crippen LogP) is 2.18. The van der Waals surface area contributed by atoms with Crippen LogP contribution < -0.4 is 5.73 Å². The Morgan fingerprint density at radius 3 is 2.71 bits per heavy atom. The van der Waals surface area contributed by atoms with Crippen LogP contribution >= 0.6 is 0 Å². The third kappa shape index (κ3) is 2.50. The van der Waals surface area contributed by atoms with E-state index in [4.69, 9.17) is 10.3 Å². The van der Waals surface area contributed by atoms with Crippen molar-refractivity contribution < 1.29 is 4.52 Å². The number of hydrogen-bond donors (Lipinski definition) is 1. The summed E-state index contributed by atoms with van der Waals surface area (Å²) in [5.74, 6) is 0.976. The average Bonchev–Trinajstić information content (AvgIpc) is 2.77. The molecule has 1 atom stereocenters. The second kappa shape index (κ2) is 4.25. The molecule has 0 aliphatic carbocycles. The van der Waals surface area contributed by atoms with E-state index in [-0.39, 0.29) is 11.5 Å². The Labute approximate surface area is 100 Å². The molecule has 0 amide bonds. The Kier molecular flexibility index (Phi) is 2.93. The monoisotopic (exact) mass is 232 g/mol. The minimum atomic E-state index is -0.253. The molecule has 0 spiro atoms. The van der Waals surface area contributed by atoms with Gasteiger partial charge in [0.05, 0.1) is 11.6 Å². The quantitative estimate of drug-likeness (QED) is 0.858. The van der Waals surface area contributed by atoms with Gasteiger partial charge in [-0.25, -0.2) is 0 Å². The van der Waals surface area contributed by atoms with Gasteiger partial charge in [0.15, 0.2) is 5.82 Å². The van der Waals surface area contributed by atoms with Crippen molar-refractivity contribution in [2.24, 2.45) is 11.1 Å². The van der Waals surface area contributed by atoms with Crippen molar-refractivity contribution in [1.82, 2.24) is 15.1 Å². The molecular weight excluding hydrogens is 216 g/mol. The Morgan fingerprint density at radius 2 is 2.12 bits per heavy atom. The van der Waals surface area contributed by atoms with E-state index < -0.39 is 0 Å². The van der Waals surface area contributed by atoms with Crippen molar-refractivity contribution >= 4 is 0 Å². The standard InChI is InChI=1S/C12H16N4O/c1-12(2,3)9(13)10-15-11(17-16-10)8-5-4-6-14-7-8/h4-7,9H,13H2,1-3H3. The second-order valence-corrected chi connectivity index (χ2v) is 5.04. The summed E-state index contributed by atoms with van der Waals surface area (Å²) in [6.07, 6.45) is 3.38. The van der Waals surface area contributed by atoms with Crippen molar-refractivity contribution in [1.29, 1.82) is 0 Å². The van der Waals surface area contributed by atoms with E-state index in [0.717, 1.165) is 5.56 Å². The Balaban J connectivity index is 2.28. The van der Waals surface area contributed by atoms with Gasteiger partial charge in [-0.15, -0.1) is 0 Å². The van der Waals surface area contributed by atoms with Crippen LogP contribution in [0.2, 0.25) is 0 Å². The van der Waals surface area contributed by atoms with Gasteiger partial charge in [0.1, 0.15) is 0 Å².